The van der Waals surface area contributed by atoms with E-state index in [0.717, 1.165) is 0 Å². The Labute approximate surface area is 237 Å². The zero-order valence-corrected chi connectivity index (χ0v) is 24.8. The predicted molar refractivity (Wildman–Crippen MR) is 153 cm³/mol. The van der Waals surface area contributed by atoms with Crippen LogP contribution in [0.5, 0.6) is 0 Å². The quantitative estimate of drug-likeness (QED) is 0.123. The van der Waals surface area contributed by atoms with Crippen LogP contribution in [0.1, 0.15) is 48.7 Å². The zero-order valence-electron chi connectivity index (χ0n) is 23.0. The Hall–Kier alpha value is -3.48. The summed E-state index contributed by atoms with van der Waals surface area (Å²) in [5.74, 6) is -2.28. The van der Waals surface area contributed by atoms with Gasteiger partial charge in [-0.05, 0) is 59.9 Å². The van der Waals surface area contributed by atoms with Crippen LogP contribution in [0.4, 0.5) is 5.69 Å². The van der Waals surface area contributed by atoms with Gasteiger partial charge in [-0.25, -0.2) is 9.59 Å². The second kappa shape index (κ2) is 11.2. The normalized spacial score (nSPS) is 18.8. The van der Waals surface area contributed by atoms with Crippen LogP contribution >= 0.6 is 11.8 Å². The molecule has 10 nitrogen and oxygen atoms in total. The third kappa shape index (κ3) is 5.84. The highest BCUT2D eigenvalue weighted by Gasteiger charge is 2.56. The number of amides is 1. The number of hydrogen-bond donors (Lipinski definition) is 1. The van der Waals surface area contributed by atoms with Gasteiger partial charge in [0.2, 0.25) is 5.91 Å². The van der Waals surface area contributed by atoms with Crippen LogP contribution in [0, 0.1) is 16.0 Å². The molecule has 1 amide bonds. The van der Waals surface area contributed by atoms with E-state index in [1.807, 2.05) is 0 Å². The van der Waals surface area contributed by atoms with Gasteiger partial charge in [-0.3, -0.25) is 19.8 Å². The molecule has 2 aliphatic rings. The van der Waals surface area contributed by atoms with E-state index in [4.69, 9.17) is 9.16 Å². The number of aromatic carboxylic acids is 1. The number of benzene rings is 2. The second-order valence-corrected chi connectivity index (χ2v) is 17.2. The average Bonchev–Trinajstić information content (AvgIpc) is 3.25. The minimum atomic E-state index is -1.98. The third-order valence-electron chi connectivity index (χ3n) is 7.65. The molecule has 0 aromatic heterocycles. The molecule has 2 heterocycles. The summed E-state index contributed by atoms with van der Waals surface area (Å²) in [6.07, 6.45) is 0.524. The highest BCUT2D eigenvalue weighted by molar-refractivity contribution is 8.09. The first-order valence-corrected chi connectivity index (χ1v) is 16.6. The number of ether oxygens (including phenoxy) is 1. The first kappa shape index (κ1) is 29.5. The van der Waals surface area contributed by atoms with Gasteiger partial charge in [0.05, 0.1) is 21.8 Å². The topological polar surface area (TPSA) is 136 Å². The maximum absolute atomic E-state index is 13.3. The van der Waals surface area contributed by atoms with Crippen molar-refractivity contribution in [3.05, 3.63) is 81.0 Å². The van der Waals surface area contributed by atoms with E-state index in [1.54, 1.807) is 12.1 Å². The fraction of sp³-hybridized carbons (Fsp3) is 0.393. The Morgan fingerprint density at radius 2 is 1.73 bits per heavy atom. The number of thioether (sulfide) groups is 1. The Morgan fingerprint density at radius 1 is 1.10 bits per heavy atom. The summed E-state index contributed by atoms with van der Waals surface area (Å²) in [4.78, 5) is 50.4. The summed E-state index contributed by atoms with van der Waals surface area (Å²) in [6, 6.07) is 11.8. The van der Waals surface area contributed by atoms with Gasteiger partial charge in [0.1, 0.15) is 12.3 Å². The third-order valence-corrected chi connectivity index (χ3v) is 13.6. The number of esters is 1. The molecule has 2 aromatic carbocycles. The van der Waals surface area contributed by atoms with Crippen molar-refractivity contribution < 1.29 is 33.6 Å². The number of hydrogen-bond acceptors (Lipinski definition) is 8. The molecule has 0 spiro atoms. The Balaban J connectivity index is 1.53. The van der Waals surface area contributed by atoms with Gasteiger partial charge in [-0.15, -0.1) is 0 Å². The van der Waals surface area contributed by atoms with Gasteiger partial charge >= 0.3 is 11.9 Å². The van der Waals surface area contributed by atoms with Crippen LogP contribution in [0.2, 0.25) is 18.1 Å². The maximum Gasteiger partial charge on any atom is 0.356 e. The van der Waals surface area contributed by atoms with Crippen LogP contribution in [0.25, 0.3) is 4.91 Å². The summed E-state index contributed by atoms with van der Waals surface area (Å²) in [5, 5.41) is 19.9. The minimum Gasteiger partial charge on any atom is -0.478 e. The number of nitrogens with zero attached hydrogens (tertiary/aromatic N) is 2. The molecule has 1 fully saturated rings. The molecule has 2 aliphatic heterocycles. The summed E-state index contributed by atoms with van der Waals surface area (Å²) in [7, 11) is -1.98. The predicted octanol–water partition coefficient (Wildman–Crippen LogP) is 5.65. The van der Waals surface area contributed by atoms with E-state index in [-0.39, 0.29) is 45.8 Å². The van der Waals surface area contributed by atoms with E-state index in [1.165, 1.54) is 53.1 Å². The molecule has 0 unspecified atom stereocenters. The fourth-order valence-electron chi connectivity index (χ4n) is 4.20. The zero-order chi connectivity index (χ0) is 29.4. The molecular weight excluding hydrogens is 552 g/mol. The number of nitro groups is 1. The lowest BCUT2D eigenvalue weighted by molar-refractivity contribution is -0.384. The molecule has 0 bridgehead atoms. The Kier molecular flexibility index (Phi) is 8.25. The van der Waals surface area contributed by atoms with Crippen molar-refractivity contribution in [1.82, 2.24) is 4.90 Å². The van der Waals surface area contributed by atoms with Gasteiger partial charge in [-0.1, -0.05) is 44.7 Å². The molecule has 212 valence electrons. The number of carboxylic acid groups (broad SMARTS) is 1. The lowest BCUT2D eigenvalue weighted by atomic mass is 9.94. The first-order chi connectivity index (χ1) is 18.7. The number of carboxylic acids is 1. The Morgan fingerprint density at radius 3 is 2.27 bits per heavy atom. The number of rotatable bonds is 10. The van der Waals surface area contributed by atoms with Crippen molar-refractivity contribution in [2.75, 3.05) is 6.61 Å². The van der Waals surface area contributed by atoms with Crippen LogP contribution in [0.3, 0.4) is 0 Å². The van der Waals surface area contributed by atoms with E-state index in [0.29, 0.717) is 29.1 Å². The van der Waals surface area contributed by atoms with Crippen LogP contribution in [-0.4, -0.2) is 53.1 Å². The number of fused-ring (bicyclic) bond motifs is 1. The molecule has 4 rings (SSSR count). The summed E-state index contributed by atoms with van der Waals surface area (Å²) >= 11 is 1.38. The van der Waals surface area contributed by atoms with E-state index < -0.39 is 25.2 Å². The number of carbonyl (C=O) groups is 3. The lowest BCUT2D eigenvalue weighted by Gasteiger charge is -2.43. The smallest absolute Gasteiger partial charge is 0.356 e. The largest absolute Gasteiger partial charge is 0.478 e. The van der Waals surface area contributed by atoms with Crippen LogP contribution < -0.4 is 0 Å². The molecule has 2 atom stereocenters. The first-order valence-electron chi connectivity index (χ1n) is 12.8. The molecule has 0 aliphatic carbocycles. The van der Waals surface area contributed by atoms with Crippen molar-refractivity contribution in [1.29, 1.82) is 0 Å². The number of nitro benzene ring substituents is 1. The van der Waals surface area contributed by atoms with E-state index in [2.05, 4.69) is 33.9 Å². The summed E-state index contributed by atoms with van der Waals surface area (Å²) in [5.41, 5.74) is 1.32. The average molecular weight is 585 g/mol. The van der Waals surface area contributed by atoms with Crippen molar-refractivity contribution >= 4 is 48.5 Å². The fourth-order valence-corrected chi connectivity index (χ4v) is 6.80. The van der Waals surface area contributed by atoms with Crippen molar-refractivity contribution in [2.45, 2.75) is 57.3 Å². The molecule has 1 N–H and O–H groups in total. The highest BCUT2D eigenvalue weighted by Crippen LogP contribution is 2.54. The molecule has 0 saturated carbocycles. The van der Waals surface area contributed by atoms with Gasteiger partial charge in [0.25, 0.3) is 5.69 Å². The molecule has 40 heavy (non-hydrogen) atoms. The van der Waals surface area contributed by atoms with Crippen molar-refractivity contribution in [3.63, 3.8) is 0 Å². The molecular formula is C28H32N2O8SSi. The molecule has 0 radical (unpaired) electrons. The van der Waals surface area contributed by atoms with E-state index in [9.17, 15) is 29.6 Å². The van der Waals surface area contributed by atoms with Crippen molar-refractivity contribution in [3.8, 4) is 0 Å². The van der Waals surface area contributed by atoms with E-state index >= 15 is 0 Å². The Bertz CT molecular complexity index is 1370. The molecule has 2 aromatic rings. The lowest BCUT2D eigenvalue weighted by Crippen LogP contribution is -2.57. The number of β-lactam (4-membered cyclic amide) rings is 1. The molecule has 12 heteroatoms. The van der Waals surface area contributed by atoms with Gasteiger partial charge in [-0.2, -0.15) is 0 Å². The van der Waals surface area contributed by atoms with Gasteiger partial charge in [0, 0.05) is 23.6 Å². The van der Waals surface area contributed by atoms with Crippen LogP contribution in [0.15, 0.2) is 54.2 Å². The second-order valence-electron chi connectivity index (χ2n) is 11.3. The standard InChI is InChI=1S/C28H32N2O8SSi/c1-28(2,3)40(4,5)38-15-14-21-24(31)29-22(27(34)37-16-17-6-12-20(13-7-17)30(35)36)23(39-25(21)29)18-8-10-19(11-9-18)26(32)33/h6-13,21,25H,14-16H2,1-5H3,(H,32,33)/t21-,25+/m0/s1. The number of carbonyl (C=O) groups excluding carboxylic acids is 2. The SMILES string of the molecule is CC(C)(C)[Si](C)(C)OCC[C@H]1C(=O)N2C(C(=O)OCc3ccc([N+](=O)[O-])cc3)=C(c3ccc(C(=O)O)cc3)S[C@H]12. The van der Waals surface area contributed by atoms with Crippen LogP contribution in [-0.2, 0) is 25.4 Å². The minimum absolute atomic E-state index is 0.0439. The van der Waals surface area contributed by atoms with Gasteiger partial charge < -0.3 is 14.3 Å². The monoisotopic (exact) mass is 584 g/mol. The van der Waals surface area contributed by atoms with Gasteiger partial charge in [0.15, 0.2) is 8.32 Å². The summed E-state index contributed by atoms with van der Waals surface area (Å²) in [6.45, 7) is 11.1. The molecule has 1 saturated heterocycles. The summed E-state index contributed by atoms with van der Waals surface area (Å²) < 4.78 is 11.8. The van der Waals surface area contributed by atoms with Crippen molar-refractivity contribution in [2.24, 2.45) is 5.92 Å². The number of non-ortho nitro benzene ring substituents is 1. The maximum atomic E-state index is 13.3. The highest BCUT2D eigenvalue weighted by atomic mass is 32.2.